The van der Waals surface area contributed by atoms with E-state index < -0.39 is 0 Å². The van der Waals surface area contributed by atoms with E-state index in [1.807, 2.05) is 50.2 Å². The Kier molecular flexibility index (Phi) is 13.6. The van der Waals surface area contributed by atoms with Gasteiger partial charge in [0.05, 0.1) is 24.3 Å². The van der Waals surface area contributed by atoms with Crippen LogP contribution in [0.2, 0.25) is 0 Å². The van der Waals surface area contributed by atoms with Crippen LogP contribution in [0, 0.1) is 0 Å². The summed E-state index contributed by atoms with van der Waals surface area (Å²) in [5.74, 6) is -0.737. The quantitative estimate of drug-likeness (QED) is 0.0722. The van der Waals surface area contributed by atoms with E-state index in [1.165, 1.54) is 11.1 Å². The number of rotatable bonds is 16. The molecule has 6 rings (SSSR count). The lowest BCUT2D eigenvalue weighted by atomic mass is 9.78. The molecule has 0 saturated heterocycles. The first-order valence-corrected chi connectivity index (χ1v) is 21.1. The maximum atomic E-state index is 12.8. The highest BCUT2D eigenvalue weighted by atomic mass is 16.5. The molecular formula is C54H59NO4. The van der Waals surface area contributed by atoms with Crippen molar-refractivity contribution in [1.82, 2.24) is 0 Å². The van der Waals surface area contributed by atoms with Crippen LogP contribution in [0.1, 0.15) is 129 Å². The number of hydrogen-bond donors (Lipinski definition) is 0. The Bertz CT molecular complexity index is 2320. The van der Waals surface area contributed by atoms with Gasteiger partial charge >= 0.3 is 11.9 Å². The van der Waals surface area contributed by atoms with Gasteiger partial charge in [0, 0.05) is 23.0 Å². The number of ether oxygens (including phenoxy) is 2. The minimum atomic E-state index is -0.338. The Hall–Kier alpha value is -5.94. The van der Waals surface area contributed by atoms with Gasteiger partial charge in [-0.1, -0.05) is 139 Å². The molecule has 5 heteroatoms. The summed E-state index contributed by atoms with van der Waals surface area (Å²) in [6.45, 7) is 17.9. The van der Waals surface area contributed by atoms with Crippen LogP contribution in [0.25, 0.3) is 11.1 Å². The molecule has 6 aromatic rings. The third-order valence-corrected chi connectivity index (χ3v) is 11.7. The number of esters is 2. The molecular weight excluding hydrogens is 727 g/mol. The van der Waals surface area contributed by atoms with E-state index in [9.17, 15) is 9.59 Å². The van der Waals surface area contributed by atoms with Gasteiger partial charge in [0.25, 0.3) is 0 Å². The molecule has 0 bridgehead atoms. The molecule has 0 heterocycles. The fourth-order valence-electron chi connectivity index (χ4n) is 7.90. The van der Waals surface area contributed by atoms with Crippen LogP contribution in [0.15, 0.2) is 146 Å². The van der Waals surface area contributed by atoms with Crippen molar-refractivity contribution in [2.75, 3.05) is 18.1 Å². The van der Waals surface area contributed by atoms with E-state index in [0.29, 0.717) is 24.3 Å². The lowest BCUT2D eigenvalue weighted by Crippen LogP contribution is -2.16. The van der Waals surface area contributed by atoms with Crippen molar-refractivity contribution in [2.24, 2.45) is 0 Å². The van der Waals surface area contributed by atoms with Crippen LogP contribution >= 0.6 is 0 Å². The smallest absolute Gasteiger partial charge is 0.338 e. The maximum Gasteiger partial charge on any atom is 0.338 e. The molecule has 304 valence electrons. The summed E-state index contributed by atoms with van der Waals surface area (Å²) >= 11 is 0. The average Bonchev–Trinajstić information content (AvgIpc) is 3.25. The van der Waals surface area contributed by atoms with Crippen molar-refractivity contribution < 1.29 is 19.1 Å². The number of carbonyl (C=O) groups excluding carboxylic acids is 2. The highest BCUT2D eigenvalue weighted by molar-refractivity contribution is 5.92. The second-order valence-electron chi connectivity index (χ2n) is 16.6. The Morgan fingerprint density at radius 2 is 0.966 bits per heavy atom. The van der Waals surface area contributed by atoms with Gasteiger partial charge in [-0.15, -0.1) is 0 Å². The van der Waals surface area contributed by atoms with Crippen molar-refractivity contribution in [3.8, 4) is 11.1 Å². The van der Waals surface area contributed by atoms with E-state index in [0.717, 1.165) is 64.1 Å². The third kappa shape index (κ3) is 9.85. The van der Waals surface area contributed by atoms with Gasteiger partial charge in [0.15, 0.2) is 0 Å². The number of nitrogens with zero attached hydrogens (tertiary/aromatic N) is 1. The SMILES string of the molecule is CCCC(C)(C)c1ccc(C(c2ccc(-c3ccc(N(c4ccc(C(C)(C)CC)cc4)c4cccc(C(=O)OCC)c4)cc3)cc2)c2cccc(C(=O)OCC)c2)cc1. The lowest BCUT2D eigenvalue weighted by molar-refractivity contribution is 0.0516. The molecule has 1 atom stereocenters. The monoisotopic (exact) mass is 785 g/mol. The summed E-state index contributed by atoms with van der Waals surface area (Å²) in [4.78, 5) is 27.8. The van der Waals surface area contributed by atoms with Crippen LogP contribution in [0.3, 0.4) is 0 Å². The fourth-order valence-corrected chi connectivity index (χ4v) is 7.90. The molecule has 6 aromatic carbocycles. The Balaban J connectivity index is 1.35. The normalized spacial score (nSPS) is 12.1. The van der Waals surface area contributed by atoms with Crippen LogP contribution in [-0.4, -0.2) is 25.2 Å². The predicted molar refractivity (Wildman–Crippen MR) is 244 cm³/mol. The van der Waals surface area contributed by atoms with Crippen molar-refractivity contribution in [1.29, 1.82) is 0 Å². The standard InChI is InChI=1S/C54H59NO4/c1-9-35-54(7,8)46-27-23-41(24-28-46)50(42-15-13-16-43(36-42)51(56)58-11-3)40-21-19-38(20-22-40)39-25-31-47(32-26-39)55(48-33-29-45(30-34-48)53(5,6)10-2)49-18-14-17-44(37-49)52(57)59-12-4/h13-34,36-37,50H,9-12,35H2,1-8H3. The largest absolute Gasteiger partial charge is 0.462 e. The first-order chi connectivity index (χ1) is 28.4. The second kappa shape index (κ2) is 18.8. The van der Waals surface area contributed by atoms with E-state index >= 15 is 0 Å². The molecule has 0 saturated carbocycles. The summed E-state index contributed by atoms with van der Waals surface area (Å²) in [6.07, 6.45) is 3.28. The summed E-state index contributed by atoms with van der Waals surface area (Å²) in [6, 6.07) is 50.5. The van der Waals surface area contributed by atoms with Gasteiger partial charge in [-0.2, -0.15) is 0 Å². The zero-order valence-corrected chi connectivity index (χ0v) is 36.0. The molecule has 59 heavy (non-hydrogen) atoms. The highest BCUT2D eigenvalue weighted by Crippen LogP contribution is 2.39. The molecule has 0 N–H and O–H groups in total. The summed E-state index contributed by atoms with van der Waals surface area (Å²) < 4.78 is 10.7. The van der Waals surface area contributed by atoms with Gasteiger partial charge in [0.2, 0.25) is 0 Å². The molecule has 0 aliphatic rings. The average molecular weight is 786 g/mol. The van der Waals surface area contributed by atoms with Crippen LogP contribution in [0.4, 0.5) is 17.1 Å². The zero-order valence-electron chi connectivity index (χ0n) is 36.0. The van der Waals surface area contributed by atoms with Crippen LogP contribution < -0.4 is 4.90 Å². The Labute approximate surface area is 352 Å². The summed E-state index contributed by atoms with van der Waals surface area (Å²) in [7, 11) is 0. The molecule has 0 amide bonds. The van der Waals surface area contributed by atoms with Crippen LogP contribution in [-0.2, 0) is 20.3 Å². The van der Waals surface area contributed by atoms with E-state index in [1.54, 1.807) is 6.07 Å². The van der Waals surface area contributed by atoms with Crippen LogP contribution in [0.5, 0.6) is 0 Å². The zero-order chi connectivity index (χ0) is 42.2. The summed E-state index contributed by atoms with van der Waals surface area (Å²) in [5, 5.41) is 0. The minimum absolute atomic E-state index is 0.0627. The Morgan fingerprint density at radius 3 is 1.49 bits per heavy atom. The molecule has 0 fully saturated rings. The topological polar surface area (TPSA) is 55.8 Å². The summed E-state index contributed by atoms with van der Waals surface area (Å²) in [5.41, 5.74) is 12.2. The molecule has 0 radical (unpaired) electrons. The van der Waals surface area contributed by atoms with Gasteiger partial charge in [0.1, 0.15) is 0 Å². The third-order valence-electron chi connectivity index (χ3n) is 11.7. The fraction of sp³-hybridized carbons (Fsp3) is 0.296. The first kappa shape index (κ1) is 42.7. The minimum Gasteiger partial charge on any atom is -0.462 e. The number of carbonyl (C=O) groups is 2. The molecule has 0 aliphatic carbocycles. The number of benzene rings is 6. The van der Waals surface area contributed by atoms with Crippen molar-refractivity contribution in [2.45, 2.75) is 91.4 Å². The Morgan fingerprint density at radius 1 is 0.508 bits per heavy atom. The number of anilines is 3. The molecule has 5 nitrogen and oxygen atoms in total. The van der Waals surface area contributed by atoms with Gasteiger partial charge in [-0.05, 0) is 131 Å². The number of hydrogen-bond acceptors (Lipinski definition) is 5. The highest BCUT2D eigenvalue weighted by Gasteiger charge is 2.24. The van der Waals surface area contributed by atoms with E-state index in [2.05, 4.69) is 150 Å². The lowest BCUT2D eigenvalue weighted by Gasteiger charge is -2.28. The van der Waals surface area contributed by atoms with Crippen molar-refractivity contribution >= 4 is 29.0 Å². The van der Waals surface area contributed by atoms with Gasteiger partial charge < -0.3 is 14.4 Å². The molecule has 0 aliphatic heterocycles. The van der Waals surface area contributed by atoms with Gasteiger partial charge in [-0.3, -0.25) is 0 Å². The second-order valence-corrected chi connectivity index (χ2v) is 16.6. The van der Waals surface area contributed by atoms with E-state index in [-0.39, 0.29) is 28.7 Å². The van der Waals surface area contributed by atoms with Crippen molar-refractivity contribution in [3.05, 3.63) is 185 Å². The van der Waals surface area contributed by atoms with Gasteiger partial charge in [-0.25, -0.2) is 9.59 Å². The molecule has 0 spiro atoms. The maximum absolute atomic E-state index is 12.8. The predicted octanol–water partition coefficient (Wildman–Crippen LogP) is 14.1. The van der Waals surface area contributed by atoms with Crippen molar-refractivity contribution in [3.63, 3.8) is 0 Å². The van der Waals surface area contributed by atoms with E-state index in [4.69, 9.17) is 9.47 Å². The molecule has 1 unspecified atom stereocenters. The molecule has 0 aromatic heterocycles. The first-order valence-electron chi connectivity index (χ1n) is 21.1.